The SMILES string of the molecule is CCCCCCCC/C=C\CCCCCCCCCCCC(=O)OC(COC(=O)CCCCCCCCCCCCCCCCCCCCCCCCCCCCCCCCCCCCCCCC)COP(=O)(O)OCC[N+](C)(C)C. The molecule has 1 N–H and O–H groups in total. The van der Waals surface area contributed by atoms with Crippen LogP contribution in [0.2, 0.25) is 0 Å². The van der Waals surface area contributed by atoms with Crippen LogP contribution in [0.5, 0.6) is 0 Å². The molecule has 9 nitrogen and oxygen atoms in total. The first kappa shape index (κ1) is 79.8. The van der Waals surface area contributed by atoms with Crippen LogP contribution < -0.4 is 0 Å². The Labute approximate surface area is 505 Å². The van der Waals surface area contributed by atoms with Crippen LogP contribution in [0.3, 0.4) is 0 Å². The van der Waals surface area contributed by atoms with Crippen LogP contribution in [-0.2, 0) is 32.7 Å². The van der Waals surface area contributed by atoms with Crippen molar-refractivity contribution >= 4 is 19.8 Å². The number of nitrogens with zero attached hydrogens (tertiary/aromatic N) is 1. The second kappa shape index (κ2) is 63.3. The molecule has 10 heteroatoms. The van der Waals surface area contributed by atoms with Gasteiger partial charge in [-0.2, -0.15) is 0 Å². The maximum Gasteiger partial charge on any atom is 0.472 e. The Morgan fingerprint density at radius 2 is 0.630 bits per heavy atom. The molecule has 0 aromatic heterocycles. The molecule has 0 saturated carbocycles. The van der Waals surface area contributed by atoms with Gasteiger partial charge in [0.2, 0.25) is 0 Å². The Bertz CT molecular complexity index is 1370. The molecule has 0 aromatic rings. The van der Waals surface area contributed by atoms with Crippen molar-refractivity contribution in [2.24, 2.45) is 0 Å². The van der Waals surface area contributed by atoms with E-state index in [4.69, 9.17) is 18.5 Å². The van der Waals surface area contributed by atoms with Gasteiger partial charge in [0.25, 0.3) is 0 Å². The number of hydrogen-bond acceptors (Lipinski definition) is 7. The van der Waals surface area contributed by atoms with Crippen LogP contribution in [0.1, 0.15) is 380 Å². The predicted molar refractivity (Wildman–Crippen MR) is 349 cm³/mol. The van der Waals surface area contributed by atoms with E-state index in [1.165, 1.54) is 315 Å². The summed E-state index contributed by atoms with van der Waals surface area (Å²) >= 11 is 0. The van der Waals surface area contributed by atoms with Crippen molar-refractivity contribution in [1.82, 2.24) is 0 Å². The van der Waals surface area contributed by atoms with Crippen LogP contribution in [0, 0.1) is 0 Å². The molecule has 0 spiro atoms. The maximum atomic E-state index is 12.8. The summed E-state index contributed by atoms with van der Waals surface area (Å²) in [7, 11) is 1.50. The average molecular weight is 1170 g/mol. The Morgan fingerprint density at radius 1 is 0.370 bits per heavy atom. The minimum atomic E-state index is -4.39. The minimum Gasteiger partial charge on any atom is -0.462 e. The van der Waals surface area contributed by atoms with Crippen molar-refractivity contribution in [3.05, 3.63) is 12.2 Å². The summed E-state index contributed by atoms with van der Waals surface area (Å²) in [6.07, 6.45) is 77.7. The van der Waals surface area contributed by atoms with Gasteiger partial charge in [0.05, 0.1) is 27.7 Å². The van der Waals surface area contributed by atoms with E-state index >= 15 is 0 Å². The van der Waals surface area contributed by atoms with E-state index in [0.29, 0.717) is 23.9 Å². The lowest BCUT2D eigenvalue weighted by molar-refractivity contribution is -0.870. The fourth-order valence-electron chi connectivity index (χ4n) is 11.0. The van der Waals surface area contributed by atoms with Gasteiger partial charge < -0.3 is 18.9 Å². The summed E-state index contributed by atoms with van der Waals surface area (Å²) in [5.41, 5.74) is 0. The van der Waals surface area contributed by atoms with Crippen LogP contribution in [0.15, 0.2) is 12.2 Å². The Morgan fingerprint density at radius 3 is 0.914 bits per heavy atom. The van der Waals surface area contributed by atoms with E-state index in [-0.39, 0.29) is 25.6 Å². The molecule has 0 fully saturated rings. The third kappa shape index (κ3) is 67.7. The number of likely N-dealkylation sites (N-methyl/N-ethyl adjacent to an activating group) is 1. The third-order valence-corrected chi connectivity index (χ3v) is 17.5. The Balaban J connectivity index is 3.87. The lowest BCUT2D eigenvalue weighted by Gasteiger charge is -2.24. The zero-order valence-corrected chi connectivity index (χ0v) is 56.0. The quantitative estimate of drug-likeness (QED) is 0.0211. The molecular weight excluding hydrogens is 1030 g/mol. The van der Waals surface area contributed by atoms with Gasteiger partial charge in [0.15, 0.2) is 6.10 Å². The highest BCUT2D eigenvalue weighted by molar-refractivity contribution is 7.47. The summed E-state index contributed by atoms with van der Waals surface area (Å²) in [6.45, 7) is 4.50. The van der Waals surface area contributed by atoms with Crippen LogP contribution in [0.25, 0.3) is 0 Å². The number of ether oxygens (including phenoxy) is 2. The molecular formula is C71H141NO8P+. The molecule has 0 saturated heterocycles. The highest BCUT2D eigenvalue weighted by Crippen LogP contribution is 2.43. The predicted octanol–water partition coefficient (Wildman–Crippen LogP) is 23.1. The van der Waals surface area contributed by atoms with Crippen LogP contribution >= 0.6 is 7.82 Å². The lowest BCUT2D eigenvalue weighted by atomic mass is 10.0. The van der Waals surface area contributed by atoms with Gasteiger partial charge in [-0.15, -0.1) is 0 Å². The van der Waals surface area contributed by atoms with Gasteiger partial charge >= 0.3 is 19.8 Å². The monoisotopic (exact) mass is 1170 g/mol. The standard InChI is InChI=1S/C71H140NO8P/c1-6-8-10-12-14-16-18-20-22-24-26-27-28-29-30-31-32-33-34-35-36-37-38-39-40-41-42-43-44-46-47-49-51-53-55-57-59-61-63-70(73)77-67-69(68-79-81(75,76)78-66-65-72(3,4)5)80-71(74)64-62-60-58-56-54-52-50-48-45-25-23-21-19-17-15-13-11-9-7-2/h21,23,69H,6-20,22,24-68H2,1-5H3/p+1/b23-21-. The van der Waals surface area contributed by atoms with E-state index in [1.54, 1.807) is 0 Å². The number of allylic oxidation sites excluding steroid dienone is 2. The van der Waals surface area contributed by atoms with Gasteiger partial charge in [0.1, 0.15) is 19.8 Å². The van der Waals surface area contributed by atoms with Gasteiger partial charge in [-0.05, 0) is 38.5 Å². The first-order valence-corrected chi connectivity index (χ1v) is 37.4. The molecule has 0 radical (unpaired) electrons. The van der Waals surface area contributed by atoms with E-state index in [9.17, 15) is 19.0 Å². The fraction of sp³-hybridized carbons (Fsp3) is 0.944. The second-order valence-corrected chi connectivity index (χ2v) is 27.4. The largest absolute Gasteiger partial charge is 0.472 e. The van der Waals surface area contributed by atoms with E-state index in [0.717, 1.165) is 32.1 Å². The summed E-state index contributed by atoms with van der Waals surface area (Å²) in [4.78, 5) is 35.8. The normalized spacial score (nSPS) is 13.1. The average Bonchev–Trinajstić information content (AvgIpc) is 3.44. The molecule has 482 valence electrons. The molecule has 2 atom stereocenters. The van der Waals surface area contributed by atoms with Crippen LogP contribution in [0.4, 0.5) is 0 Å². The number of quaternary nitrogens is 1. The molecule has 0 rings (SSSR count). The van der Waals surface area contributed by atoms with Gasteiger partial charge in [0, 0.05) is 12.8 Å². The number of carbonyl (C=O) groups excluding carboxylic acids is 2. The number of unbranched alkanes of at least 4 members (excludes halogenated alkanes) is 52. The summed E-state index contributed by atoms with van der Waals surface area (Å²) < 4.78 is 34.7. The van der Waals surface area contributed by atoms with Gasteiger partial charge in [-0.25, -0.2) is 4.57 Å². The van der Waals surface area contributed by atoms with Crippen molar-refractivity contribution < 1.29 is 42.1 Å². The zero-order chi connectivity index (χ0) is 59.1. The fourth-order valence-corrected chi connectivity index (χ4v) is 11.8. The summed E-state index contributed by atoms with van der Waals surface area (Å²) in [5, 5.41) is 0. The number of hydrogen-bond donors (Lipinski definition) is 1. The van der Waals surface area contributed by atoms with E-state index in [1.807, 2.05) is 21.1 Å². The second-order valence-electron chi connectivity index (χ2n) is 26.0. The van der Waals surface area contributed by atoms with E-state index < -0.39 is 26.5 Å². The highest BCUT2D eigenvalue weighted by atomic mass is 31.2. The number of carbonyl (C=O) groups is 2. The van der Waals surface area contributed by atoms with Crippen LogP contribution in [-0.4, -0.2) is 74.9 Å². The number of esters is 2. The van der Waals surface area contributed by atoms with Crippen molar-refractivity contribution in [2.45, 2.75) is 386 Å². The summed E-state index contributed by atoms with van der Waals surface area (Å²) in [5.74, 6) is -0.777. The first-order valence-electron chi connectivity index (χ1n) is 35.9. The molecule has 0 bridgehead atoms. The molecule has 2 unspecified atom stereocenters. The molecule has 0 heterocycles. The molecule has 81 heavy (non-hydrogen) atoms. The van der Waals surface area contributed by atoms with Crippen molar-refractivity contribution in [1.29, 1.82) is 0 Å². The molecule has 0 aromatic carbocycles. The highest BCUT2D eigenvalue weighted by Gasteiger charge is 2.27. The third-order valence-electron chi connectivity index (χ3n) is 16.5. The van der Waals surface area contributed by atoms with Crippen molar-refractivity contribution in [2.75, 3.05) is 47.5 Å². The Hall–Kier alpha value is -1.25. The zero-order valence-electron chi connectivity index (χ0n) is 55.1. The smallest absolute Gasteiger partial charge is 0.462 e. The maximum absolute atomic E-state index is 12.8. The van der Waals surface area contributed by atoms with Gasteiger partial charge in [-0.1, -0.05) is 341 Å². The molecule has 0 aliphatic rings. The van der Waals surface area contributed by atoms with Crippen molar-refractivity contribution in [3.8, 4) is 0 Å². The molecule has 0 aliphatic heterocycles. The summed E-state index contributed by atoms with van der Waals surface area (Å²) in [6, 6.07) is 0. The topological polar surface area (TPSA) is 108 Å². The van der Waals surface area contributed by atoms with Gasteiger partial charge in [-0.3, -0.25) is 18.6 Å². The number of rotatable bonds is 68. The molecule has 0 aliphatic carbocycles. The lowest BCUT2D eigenvalue weighted by Crippen LogP contribution is -2.37. The number of phosphoric acid groups is 1. The van der Waals surface area contributed by atoms with Crippen molar-refractivity contribution in [3.63, 3.8) is 0 Å². The molecule has 0 amide bonds. The Kier molecular flexibility index (Phi) is 62.3. The minimum absolute atomic E-state index is 0.0352. The first-order chi connectivity index (χ1) is 39.5. The number of phosphoric ester groups is 1. The van der Waals surface area contributed by atoms with E-state index in [2.05, 4.69) is 26.0 Å².